The maximum Gasteiger partial charge on any atom is 0.253 e. The molecule has 0 bridgehead atoms. The molecule has 33 heavy (non-hydrogen) atoms. The first-order chi connectivity index (χ1) is 15.7. The van der Waals surface area contributed by atoms with Gasteiger partial charge in [-0.15, -0.1) is 0 Å². The largest absolute Gasteiger partial charge is 0.336 e. The Bertz CT molecular complexity index is 1210. The van der Waals surface area contributed by atoms with Gasteiger partial charge in [0.15, 0.2) is 11.6 Å². The molecule has 0 aromatic heterocycles. The van der Waals surface area contributed by atoms with Gasteiger partial charge in [-0.05, 0) is 42.5 Å². The minimum absolute atomic E-state index is 0.000532. The molecule has 0 atom stereocenters. The van der Waals surface area contributed by atoms with Crippen molar-refractivity contribution in [2.45, 2.75) is 17.7 Å². The summed E-state index contributed by atoms with van der Waals surface area (Å²) in [6, 6.07) is 8.53. The van der Waals surface area contributed by atoms with Crippen LogP contribution in [0.15, 0.2) is 47.4 Å². The lowest BCUT2D eigenvalue weighted by Crippen LogP contribution is -2.51. The van der Waals surface area contributed by atoms with Crippen LogP contribution in [0.3, 0.4) is 0 Å². The van der Waals surface area contributed by atoms with Crippen molar-refractivity contribution in [3.63, 3.8) is 0 Å². The molecule has 2 saturated heterocycles. The standard InChI is InChI=1S/C21H20F2N4O5S/c22-17-6-5-16(13-18(17)23)33(31,32)26-11-9-25(10-12-26)21(30)14-1-3-15(4-2-14)27-20(29)8-7-19(28)24-27/h1-6,13H,7-12H2,(H,24,28). The van der Waals surface area contributed by atoms with Crippen LogP contribution in [0.25, 0.3) is 0 Å². The van der Waals surface area contributed by atoms with Crippen LogP contribution in [-0.4, -0.2) is 61.5 Å². The summed E-state index contributed by atoms with van der Waals surface area (Å²) in [7, 11) is -4.03. The van der Waals surface area contributed by atoms with Gasteiger partial charge < -0.3 is 4.90 Å². The normalized spacial score (nSPS) is 17.8. The van der Waals surface area contributed by atoms with E-state index in [0.29, 0.717) is 17.3 Å². The topological polar surface area (TPSA) is 107 Å². The molecule has 0 radical (unpaired) electrons. The number of sulfonamides is 1. The van der Waals surface area contributed by atoms with E-state index >= 15 is 0 Å². The predicted octanol–water partition coefficient (Wildman–Crippen LogP) is 1.27. The molecule has 0 unspecified atom stereocenters. The van der Waals surface area contributed by atoms with E-state index in [4.69, 9.17) is 0 Å². The number of carbonyl (C=O) groups excluding carboxylic acids is 3. The van der Waals surface area contributed by atoms with E-state index < -0.39 is 21.7 Å². The van der Waals surface area contributed by atoms with E-state index in [-0.39, 0.29) is 61.6 Å². The highest BCUT2D eigenvalue weighted by atomic mass is 32.2. The van der Waals surface area contributed by atoms with Gasteiger partial charge in [0.25, 0.3) is 5.91 Å². The monoisotopic (exact) mass is 478 g/mol. The highest BCUT2D eigenvalue weighted by Crippen LogP contribution is 2.22. The second-order valence-electron chi connectivity index (χ2n) is 7.58. The van der Waals surface area contributed by atoms with Gasteiger partial charge in [-0.2, -0.15) is 4.31 Å². The molecule has 174 valence electrons. The van der Waals surface area contributed by atoms with E-state index in [1.165, 1.54) is 17.0 Å². The van der Waals surface area contributed by atoms with Gasteiger partial charge in [0, 0.05) is 44.6 Å². The number of nitrogens with one attached hydrogen (secondary N) is 1. The third kappa shape index (κ3) is 4.57. The van der Waals surface area contributed by atoms with Crippen molar-refractivity contribution in [3.8, 4) is 0 Å². The average Bonchev–Trinajstić information content (AvgIpc) is 2.82. The van der Waals surface area contributed by atoms with Crippen LogP contribution in [0.5, 0.6) is 0 Å². The van der Waals surface area contributed by atoms with E-state index in [1.54, 1.807) is 12.1 Å². The molecule has 2 heterocycles. The van der Waals surface area contributed by atoms with Crippen LogP contribution in [-0.2, 0) is 19.6 Å². The van der Waals surface area contributed by atoms with Gasteiger partial charge in [-0.1, -0.05) is 0 Å². The van der Waals surface area contributed by atoms with Crippen molar-refractivity contribution in [3.05, 3.63) is 59.7 Å². The first kappa shape index (κ1) is 22.8. The maximum absolute atomic E-state index is 13.5. The summed E-state index contributed by atoms with van der Waals surface area (Å²) >= 11 is 0. The molecule has 12 heteroatoms. The number of carbonyl (C=O) groups is 3. The molecular weight excluding hydrogens is 458 g/mol. The average molecular weight is 478 g/mol. The number of amides is 3. The molecule has 9 nitrogen and oxygen atoms in total. The number of benzene rings is 2. The minimum Gasteiger partial charge on any atom is -0.336 e. The molecule has 4 rings (SSSR count). The number of nitrogens with zero attached hydrogens (tertiary/aromatic N) is 3. The zero-order valence-corrected chi connectivity index (χ0v) is 18.1. The van der Waals surface area contributed by atoms with Crippen molar-refractivity contribution in [2.24, 2.45) is 0 Å². The molecule has 2 aromatic carbocycles. The molecule has 0 aliphatic carbocycles. The van der Waals surface area contributed by atoms with Gasteiger partial charge in [0.1, 0.15) is 0 Å². The van der Waals surface area contributed by atoms with Crippen LogP contribution in [0.4, 0.5) is 14.5 Å². The summed E-state index contributed by atoms with van der Waals surface area (Å²) in [6.07, 6.45) is 0.230. The summed E-state index contributed by atoms with van der Waals surface area (Å²) in [6.45, 7) is 0.229. The number of rotatable bonds is 4. The summed E-state index contributed by atoms with van der Waals surface area (Å²) < 4.78 is 53.1. The lowest BCUT2D eigenvalue weighted by Gasteiger charge is -2.34. The van der Waals surface area contributed by atoms with E-state index in [1.807, 2.05) is 0 Å². The van der Waals surface area contributed by atoms with E-state index in [2.05, 4.69) is 5.43 Å². The number of piperazine rings is 1. The van der Waals surface area contributed by atoms with Gasteiger partial charge >= 0.3 is 0 Å². The molecule has 0 spiro atoms. The second kappa shape index (κ2) is 8.87. The number of halogens is 2. The number of hydrogen-bond donors (Lipinski definition) is 1. The first-order valence-electron chi connectivity index (χ1n) is 10.1. The number of hydrazine groups is 1. The molecule has 3 amide bonds. The first-order valence-corrected chi connectivity index (χ1v) is 11.6. The van der Waals surface area contributed by atoms with Crippen molar-refractivity contribution < 1.29 is 31.6 Å². The lowest BCUT2D eigenvalue weighted by atomic mass is 10.1. The molecule has 0 saturated carbocycles. The Balaban J connectivity index is 1.40. The summed E-state index contributed by atoms with van der Waals surface area (Å²) in [5, 5.41) is 1.14. The quantitative estimate of drug-likeness (QED) is 0.712. The van der Waals surface area contributed by atoms with Crippen LogP contribution < -0.4 is 10.4 Å². The van der Waals surface area contributed by atoms with Crippen molar-refractivity contribution >= 4 is 33.4 Å². The molecular formula is C21H20F2N4O5S. The Kier molecular flexibility index (Phi) is 6.13. The lowest BCUT2D eigenvalue weighted by molar-refractivity contribution is -0.130. The van der Waals surface area contributed by atoms with E-state index in [9.17, 15) is 31.6 Å². The minimum atomic E-state index is -4.03. The van der Waals surface area contributed by atoms with Crippen LogP contribution in [0, 0.1) is 11.6 Å². The summed E-state index contributed by atoms with van der Waals surface area (Å²) in [5.74, 6) is -3.24. The fourth-order valence-electron chi connectivity index (χ4n) is 3.64. The molecule has 2 aliphatic rings. The van der Waals surface area contributed by atoms with E-state index in [0.717, 1.165) is 21.4 Å². The fraction of sp³-hybridized carbons (Fsp3) is 0.286. The second-order valence-corrected chi connectivity index (χ2v) is 9.52. The smallest absolute Gasteiger partial charge is 0.253 e. The molecule has 2 aliphatic heterocycles. The zero-order valence-electron chi connectivity index (χ0n) is 17.3. The Morgan fingerprint density at radius 1 is 0.879 bits per heavy atom. The highest BCUT2D eigenvalue weighted by molar-refractivity contribution is 7.89. The van der Waals surface area contributed by atoms with Crippen molar-refractivity contribution in [1.82, 2.24) is 14.6 Å². The molecule has 2 aromatic rings. The van der Waals surface area contributed by atoms with Crippen molar-refractivity contribution in [2.75, 3.05) is 31.2 Å². The summed E-state index contributed by atoms with van der Waals surface area (Å²) in [4.78, 5) is 37.5. The third-order valence-electron chi connectivity index (χ3n) is 5.48. The van der Waals surface area contributed by atoms with Gasteiger partial charge in [0.2, 0.25) is 21.8 Å². The van der Waals surface area contributed by atoms with Gasteiger partial charge in [0.05, 0.1) is 10.6 Å². The number of anilines is 1. The van der Waals surface area contributed by atoms with Gasteiger partial charge in [-0.25, -0.2) is 22.2 Å². The highest BCUT2D eigenvalue weighted by Gasteiger charge is 2.31. The number of hydrogen-bond acceptors (Lipinski definition) is 5. The fourth-order valence-corrected chi connectivity index (χ4v) is 5.07. The van der Waals surface area contributed by atoms with Crippen LogP contribution in [0.2, 0.25) is 0 Å². The van der Waals surface area contributed by atoms with Gasteiger partial charge in [-0.3, -0.25) is 19.8 Å². The summed E-state index contributed by atoms with van der Waals surface area (Å²) in [5.41, 5.74) is 3.24. The third-order valence-corrected chi connectivity index (χ3v) is 7.37. The van der Waals surface area contributed by atoms with Crippen LogP contribution >= 0.6 is 0 Å². The Hall–Kier alpha value is -3.38. The molecule has 1 N–H and O–H groups in total. The zero-order chi connectivity index (χ0) is 23.8. The maximum atomic E-state index is 13.5. The Morgan fingerprint density at radius 3 is 2.18 bits per heavy atom. The van der Waals surface area contributed by atoms with Crippen molar-refractivity contribution in [1.29, 1.82) is 0 Å². The predicted molar refractivity (Wildman–Crippen MR) is 112 cm³/mol. The SMILES string of the molecule is O=C1CCC(=O)N(c2ccc(C(=O)N3CCN(S(=O)(=O)c4ccc(F)c(F)c4)CC3)cc2)N1. The Morgan fingerprint density at radius 2 is 1.55 bits per heavy atom. The Labute approximate surface area is 188 Å². The van der Waals surface area contributed by atoms with Crippen LogP contribution in [0.1, 0.15) is 23.2 Å². The molecule has 2 fully saturated rings.